The molecular formula is C22H25N3O2. The normalized spacial score (nSPS) is 11.9. The molecule has 1 unspecified atom stereocenters. The summed E-state index contributed by atoms with van der Waals surface area (Å²) in [6.07, 6.45) is 1.06. The van der Waals surface area contributed by atoms with Gasteiger partial charge in [0.25, 0.3) is 5.91 Å². The lowest BCUT2D eigenvalue weighted by Gasteiger charge is -2.16. The van der Waals surface area contributed by atoms with Gasteiger partial charge in [0.1, 0.15) is 11.6 Å². The summed E-state index contributed by atoms with van der Waals surface area (Å²) >= 11 is 0. The van der Waals surface area contributed by atoms with E-state index < -0.39 is 6.10 Å². The van der Waals surface area contributed by atoms with Gasteiger partial charge in [-0.2, -0.15) is 5.10 Å². The number of hydrogen-bond donors (Lipinski definition) is 1. The topological polar surface area (TPSA) is 56.2 Å². The maximum Gasteiger partial charge on any atom is 0.266 e. The second kappa shape index (κ2) is 8.08. The number of aromatic nitrogens is 2. The molecule has 0 radical (unpaired) electrons. The van der Waals surface area contributed by atoms with Crippen molar-refractivity contribution in [2.75, 3.05) is 5.32 Å². The smallest absolute Gasteiger partial charge is 0.266 e. The van der Waals surface area contributed by atoms with E-state index in [2.05, 4.69) is 47.7 Å². The molecule has 1 N–H and O–H groups in total. The Hall–Kier alpha value is -3.08. The van der Waals surface area contributed by atoms with Crippen LogP contribution in [0.1, 0.15) is 29.2 Å². The van der Waals surface area contributed by atoms with Crippen molar-refractivity contribution >= 4 is 11.7 Å². The quantitative estimate of drug-likeness (QED) is 0.712. The molecule has 1 amide bonds. The van der Waals surface area contributed by atoms with Gasteiger partial charge >= 0.3 is 0 Å². The lowest BCUT2D eigenvalue weighted by molar-refractivity contribution is -0.122. The van der Waals surface area contributed by atoms with Gasteiger partial charge in [0, 0.05) is 6.07 Å². The zero-order chi connectivity index (χ0) is 19.4. The van der Waals surface area contributed by atoms with Gasteiger partial charge in [-0.05, 0) is 56.5 Å². The van der Waals surface area contributed by atoms with Crippen LogP contribution in [-0.2, 0) is 11.3 Å². The van der Waals surface area contributed by atoms with Gasteiger partial charge in [-0.15, -0.1) is 0 Å². The van der Waals surface area contributed by atoms with Crippen molar-refractivity contribution in [1.29, 1.82) is 0 Å². The van der Waals surface area contributed by atoms with Crippen LogP contribution in [0.2, 0.25) is 0 Å². The van der Waals surface area contributed by atoms with Crippen LogP contribution >= 0.6 is 0 Å². The van der Waals surface area contributed by atoms with Gasteiger partial charge in [-0.3, -0.25) is 4.79 Å². The van der Waals surface area contributed by atoms with E-state index in [9.17, 15) is 4.79 Å². The number of anilines is 1. The van der Waals surface area contributed by atoms with Crippen molar-refractivity contribution in [2.24, 2.45) is 0 Å². The minimum atomic E-state index is -0.617. The maximum absolute atomic E-state index is 12.6. The highest BCUT2D eigenvalue weighted by atomic mass is 16.5. The summed E-state index contributed by atoms with van der Waals surface area (Å²) in [6.45, 7) is 8.41. The molecule has 0 saturated carbocycles. The Bertz CT molecular complexity index is 909. The zero-order valence-corrected chi connectivity index (χ0v) is 16.2. The summed E-state index contributed by atoms with van der Waals surface area (Å²) in [5.41, 5.74) is 4.55. The number of rotatable bonds is 6. The molecule has 27 heavy (non-hydrogen) atoms. The van der Waals surface area contributed by atoms with Crippen molar-refractivity contribution in [1.82, 2.24) is 9.78 Å². The van der Waals surface area contributed by atoms with Crippen LogP contribution in [0.15, 0.2) is 54.7 Å². The molecule has 0 fully saturated rings. The molecule has 0 aliphatic rings. The molecule has 0 aliphatic carbocycles. The molecule has 140 valence electrons. The fraction of sp³-hybridized carbons (Fsp3) is 0.273. The van der Waals surface area contributed by atoms with Gasteiger partial charge in [0.2, 0.25) is 0 Å². The molecule has 0 saturated heterocycles. The van der Waals surface area contributed by atoms with E-state index in [1.54, 1.807) is 23.9 Å². The third-order valence-corrected chi connectivity index (χ3v) is 4.30. The first-order chi connectivity index (χ1) is 12.9. The van der Waals surface area contributed by atoms with Gasteiger partial charge < -0.3 is 10.1 Å². The molecule has 1 aromatic heterocycles. The number of aryl methyl sites for hydroxylation is 3. The van der Waals surface area contributed by atoms with Crippen LogP contribution in [0.4, 0.5) is 5.82 Å². The van der Waals surface area contributed by atoms with Crippen molar-refractivity contribution in [3.8, 4) is 5.75 Å². The summed E-state index contributed by atoms with van der Waals surface area (Å²) in [5, 5.41) is 7.22. The average molecular weight is 363 g/mol. The van der Waals surface area contributed by atoms with Gasteiger partial charge in [0.15, 0.2) is 6.10 Å². The summed E-state index contributed by atoms with van der Waals surface area (Å²) in [4.78, 5) is 12.6. The van der Waals surface area contributed by atoms with Gasteiger partial charge in [0.05, 0.1) is 12.7 Å². The fourth-order valence-electron chi connectivity index (χ4n) is 2.92. The molecular weight excluding hydrogens is 338 g/mol. The number of amides is 1. The molecule has 0 aliphatic heterocycles. The van der Waals surface area contributed by atoms with Gasteiger partial charge in [-0.1, -0.05) is 35.9 Å². The van der Waals surface area contributed by atoms with Crippen molar-refractivity contribution in [3.63, 3.8) is 0 Å². The molecule has 5 nitrogen and oxygen atoms in total. The molecule has 2 aromatic carbocycles. The number of hydrogen-bond acceptors (Lipinski definition) is 3. The number of benzene rings is 2. The maximum atomic E-state index is 12.6. The van der Waals surface area contributed by atoms with Crippen LogP contribution in [0.5, 0.6) is 5.75 Å². The number of carbonyl (C=O) groups excluding carboxylic acids is 1. The third-order valence-electron chi connectivity index (χ3n) is 4.30. The number of nitrogens with one attached hydrogen (secondary N) is 1. The van der Waals surface area contributed by atoms with E-state index in [0.29, 0.717) is 18.1 Å². The molecule has 1 atom stereocenters. The number of ether oxygens (including phenoxy) is 1. The predicted molar refractivity (Wildman–Crippen MR) is 107 cm³/mol. The number of nitrogens with zero attached hydrogens (tertiary/aromatic N) is 2. The zero-order valence-electron chi connectivity index (χ0n) is 16.2. The van der Waals surface area contributed by atoms with Gasteiger partial charge in [-0.25, -0.2) is 4.68 Å². The van der Waals surface area contributed by atoms with E-state index in [4.69, 9.17) is 4.74 Å². The minimum Gasteiger partial charge on any atom is -0.481 e. The Morgan fingerprint density at radius 2 is 1.70 bits per heavy atom. The lowest BCUT2D eigenvalue weighted by atomic mass is 10.1. The Kier molecular flexibility index (Phi) is 5.60. The standard InChI is InChI=1S/C22H25N3O2/c1-15-5-7-19(8-6-15)14-25-21(9-10-23-25)24-22(26)18(4)27-20-12-16(2)11-17(3)13-20/h5-13,18H,14H2,1-4H3,(H,24,26). The third kappa shape index (κ3) is 4.97. The van der Waals surface area contributed by atoms with Crippen LogP contribution < -0.4 is 10.1 Å². The monoisotopic (exact) mass is 363 g/mol. The summed E-state index contributed by atoms with van der Waals surface area (Å²) < 4.78 is 7.59. The van der Waals surface area contributed by atoms with E-state index in [0.717, 1.165) is 16.7 Å². The second-order valence-corrected chi connectivity index (χ2v) is 6.93. The summed E-state index contributed by atoms with van der Waals surface area (Å²) in [6, 6.07) is 16.0. The first kappa shape index (κ1) is 18.7. The molecule has 1 heterocycles. The fourth-order valence-corrected chi connectivity index (χ4v) is 2.92. The molecule has 0 spiro atoms. The predicted octanol–water partition coefficient (Wildman–Crippen LogP) is 4.26. The number of carbonyl (C=O) groups is 1. The Morgan fingerprint density at radius 3 is 2.37 bits per heavy atom. The first-order valence-electron chi connectivity index (χ1n) is 9.04. The van der Waals surface area contributed by atoms with E-state index >= 15 is 0 Å². The van der Waals surface area contributed by atoms with Crippen molar-refractivity contribution < 1.29 is 9.53 Å². The lowest BCUT2D eigenvalue weighted by Crippen LogP contribution is -2.31. The van der Waals surface area contributed by atoms with Crippen LogP contribution in [0.3, 0.4) is 0 Å². The molecule has 3 aromatic rings. The van der Waals surface area contributed by atoms with E-state index in [-0.39, 0.29) is 5.91 Å². The second-order valence-electron chi connectivity index (χ2n) is 6.93. The highest BCUT2D eigenvalue weighted by Gasteiger charge is 2.17. The van der Waals surface area contributed by atoms with E-state index in [1.165, 1.54) is 5.56 Å². The van der Waals surface area contributed by atoms with Crippen molar-refractivity contribution in [2.45, 2.75) is 40.3 Å². The Balaban J connectivity index is 1.65. The SMILES string of the molecule is Cc1ccc(Cn2nccc2NC(=O)C(C)Oc2cc(C)cc(C)c2)cc1. The summed E-state index contributed by atoms with van der Waals surface area (Å²) in [7, 11) is 0. The molecule has 0 bridgehead atoms. The van der Waals surface area contributed by atoms with Crippen molar-refractivity contribution in [3.05, 3.63) is 77.0 Å². The van der Waals surface area contributed by atoms with Crippen LogP contribution in [0, 0.1) is 20.8 Å². The molecule has 3 rings (SSSR count). The Morgan fingerprint density at radius 1 is 1.04 bits per heavy atom. The highest BCUT2D eigenvalue weighted by Crippen LogP contribution is 2.18. The summed E-state index contributed by atoms with van der Waals surface area (Å²) in [5.74, 6) is 1.14. The minimum absolute atomic E-state index is 0.209. The first-order valence-corrected chi connectivity index (χ1v) is 9.04. The highest BCUT2D eigenvalue weighted by molar-refractivity contribution is 5.93. The molecule has 5 heteroatoms. The Labute approximate surface area is 160 Å². The average Bonchev–Trinajstić information content (AvgIpc) is 3.02. The van der Waals surface area contributed by atoms with E-state index in [1.807, 2.05) is 26.0 Å². The largest absolute Gasteiger partial charge is 0.481 e. The van der Waals surface area contributed by atoms with Crippen LogP contribution in [0.25, 0.3) is 0 Å². The van der Waals surface area contributed by atoms with Crippen LogP contribution in [-0.4, -0.2) is 21.8 Å².